The second-order valence-electron chi connectivity index (χ2n) is 5.55. The molecule has 1 aliphatic rings. The highest BCUT2D eigenvalue weighted by Crippen LogP contribution is 2.25. The van der Waals surface area contributed by atoms with E-state index in [1.807, 2.05) is 17.0 Å². The molecule has 1 atom stereocenters. The number of imidazole rings is 1. The highest BCUT2D eigenvalue weighted by Gasteiger charge is 2.26. The fourth-order valence-corrected chi connectivity index (χ4v) is 2.67. The average molecular weight is 273 g/mol. The van der Waals surface area contributed by atoms with Gasteiger partial charge in [-0.05, 0) is 32.3 Å². The van der Waals surface area contributed by atoms with Crippen molar-refractivity contribution in [1.29, 1.82) is 0 Å². The van der Waals surface area contributed by atoms with E-state index in [9.17, 15) is 4.79 Å². The van der Waals surface area contributed by atoms with Gasteiger partial charge in [0.2, 0.25) is 11.9 Å². The first-order chi connectivity index (χ1) is 9.65. The minimum absolute atomic E-state index is 0.0136. The summed E-state index contributed by atoms with van der Waals surface area (Å²) < 4.78 is 1.96. The normalized spacial score (nSPS) is 18.1. The van der Waals surface area contributed by atoms with Gasteiger partial charge < -0.3 is 4.57 Å². The van der Waals surface area contributed by atoms with Crippen LogP contribution in [0.15, 0.2) is 18.6 Å². The number of hydrogen-bond donors (Lipinski definition) is 2. The third-order valence-electron chi connectivity index (χ3n) is 3.85. The van der Waals surface area contributed by atoms with Crippen molar-refractivity contribution in [2.75, 3.05) is 5.32 Å². The minimum Gasteiger partial charge on any atom is -0.315 e. The summed E-state index contributed by atoms with van der Waals surface area (Å²) in [5, 5.41) is 9.96. The zero-order chi connectivity index (χ0) is 14.1. The Morgan fingerprint density at radius 3 is 3.20 bits per heavy atom. The highest BCUT2D eigenvalue weighted by molar-refractivity contribution is 5.91. The smallest absolute Gasteiger partial charge is 0.230 e. The minimum atomic E-state index is -0.0136. The van der Waals surface area contributed by atoms with Gasteiger partial charge in [-0.15, -0.1) is 0 Å². The Hall–Kier alpha value is -2.11. The van der Waals surface area contributed by atoms with E-state index >= 15 is 0 Å². The zero-order valence-electron chi connectivity index (χ0n) is 11.8. The monoisotopic (exact) mass is 273 g/mol. The molecule has 20 heavy (non-hydrogen) atoms. The van der Waals surface area contributed by atoms with E-state index in [2.05, 4.69) is 34.3 Å². The third-order valence-corrected chi connectivity index (χ3v) is 3.85. The number of aromatic amines is 1. The quantitative estimate of drug-likeness (QED) is 0.897. The summed E-state index contributed by atoms with van der Waals surface area (Å²) in [6.45, 7) is 4.13. The lowest BCUT2D eigenvalue weighted by atomic mass is 9.87. The molecule has 106 valence electrons. The lowest BCUT2D eigenvalue weighted by Crippen LogP contribution is -2.29. The van der Waals surface area contributed by atoms with E-state index in [1.54, 1.807) is 6.20 Å². The maximum absolute atomic E-state index is 12.4. The summed E-state index contributed by atoms with van der Waals surface area (Å²) in [5.41, 5.74) is 2.32. The molecule has 0 bridgehead atoms. The van der Waals surface area contributed by atoms with Crippen LogP contribution in [0, 0.1) is 5.92 Å². The molecule has 1 unspecified atom stereocenters. The van der Waals surface area contributed by atoms with Gasteiger partial charge in [0, 0.05) is 36.5 Å². The molecule has 2 N–H and O–H groups in total. The van der Waals surface area contributed by atoms with Crippen LogP contribution >= 0.6 is 0 Å². The molecule has 2 aromatic rings. The van der Waals surface area contributed by atoms with Gasteiger partial charge in [0.05, 0.1) is 6.20 Å². The Balaban J connectivity index is 1.70. The van der Waals surface area contributed by atoms with Crippen LogP contribution in [0.5, 0.6) is 0 Å². The number of anilines is 1. The molecular weight excluding hydrogens is 254 g/mol. The second-order valence-corrected chi connectivity index (χ2v) is 5.55. The first kappa shape index (κ1) is 12.9. The van der Waals surface area contributed by atoms with Crippen LogP contribution in [0.2, 0.25) is 0 Å². The SMILES string of the molecule is CC(C)n1ccnc1NC(=O)C1CCc2cn[nH]c2C1. The molecule has 2 heterocycles. The largest absolute Gasteiger partial charge is 0.315 e. The van der Waals surface area contributed by atoms with Crippen LogP contribution < -0.4 is 5.32 Å². The van der Waals surface area contributed by atoms with Crippen LogP contribution in [0.1, 0.15) is 37.6 Å². The number of aromatic nitrogens is 4. The Kier molecular flexibility index (Phi) is 3.30. The predicted octanol–water partition coefficient (Wildman–Crippen LogP) is 1.93. The molecule has 1 aliphatic carbocycles. The summed E-state index contributed by atoms with van der Waals surface area (Å²) in [7, 11) is 0. The molecule has 0 saturated heterocycles. The fourth-order valence-electron chi connectivity index (χ4n) is 2.67. The molecule has 3 rings (SSSR count). The van der Waals surface area contributed by atoms with Gasteiger partial charge in [0.25, 0.3) is 0 Å². The molecule has 6 nitrogen and oxygen atoms in total. The number of carbonyl (C=O) groups is 1. The van der Waals surface area contributed by atoms with Crippen molar-refractivity contribution in [3.63, 3.8) is 0 Å². The number of hydrogen-bond acceptors (Lipinski definition) is 3. The molecule has 0 saturated carbocycles. The summed E-state index contributed by atoms with van der Waals surface area (Å²) in [6, 6.07) is 0.276. The van der Waals surface area contributed by atoms with E-state index in [-0.39, 0.29) is 17.9 Å². The van der Waals surface area contributed by atoms with E-state index in [0.29, 0.717) is 5.95 Å². The predicted molar refractivity (Wildman–Crippen MR) is 75.3 cm³/mol. The van der Waals surface area contributed by atoms with Crippen molar-refractivity contribution in [1.82, 2.24) is 19.7 Å². The highest BCUT2D eigenvalue weighted by atomic mass is 16.2. The van der Waals surface area contributed by atoms with E-state index < -0.39 is 0 Å². The summed E-state index contributed by atoms with van der Waals surface area (Å²) >= 11 is 0. The molecule has 0 radical (unpaired) electrons. The van der Waals surface area contributed by atoms with Gasteiger partial charge in [0.1, 0.15) is 0 Å². The Morgan fingerprint density at radius 1 is 1.55 bits per heavy atom. The number of nitrogens with zero attached hydrogens (tertiary/aromatic N) is 3. The lowest BCUT2D eigenvalue weighted by Gasteiger charge is -2.21. The molecule has 0 fully saturated rings. The van der Waals surface area contributed by atoms with Crippen molar-refractivity contribution in [2.45, 2.75) is 39.2 Å². The molecule has 0 spiro atoms. The molecular formula is C14H19N5O. The van der Waals surface area contributed by atoms with Crippen molar-refractivity contribution in [3.8, 4) is 0 Å². The van der Waals surface area contributed by atoms with Gasteiger partial charge in [-0.2, -0.15) is 5.10 Å². The summed E-state index contributed by atoms with van der Waals surface area (Å²) in [4.78, 5) is 16.6. The van der Waals surface area contributed by atoms with Crippen LogP contribution in [0.4, 0.5) is 5.95 Å². The van der Waals surface area contributed by atoms with Crippen LogP contribution in [-0.2, 0) is 17.6 Å². The van der Waals surface area contributed by atoms with Gasteiger partial charge in [0.15, 0.2) is 0 Å². The first-order valence-electron chi connectivity index (χ1n) is 7.00. The van der Waals surface area contributed by atoms with E-state index in [1.165, 1.54) is 5.56 Å². The second kappa shape index (κ2) is 5.11. The van der Waals surface area contributed by atoms with Crippen molar-refractivity contribution >= 4 is 11.9 Å². The molecule has 6 heteroatoms. The number of fused-ring (bicyclic) bond motifs is 1. The number of rotatable bonds is 3. The number of amides is 1. The number of carbonyl (C=O) groups excluding carboxylic acids is 1. The lowest BCUT2D eigenvalue weighted by molar-refractivity contribution is -0.120. The Morgan fingerprint density at radius 2 is 2.40 bits per heavy atom. The van der Waals surface area contributed by atoms with Crippen molar-refractivity contribution < 1.29 is 4.79 Å². The van der Waals surface area contributed by atoms with E-state index in [0.717, 1.165) is 25.0 Å². The number of H-pyrrole nitrogens is 1. The Bertz CT molecular complexity index is 613. The fraction of sp³-hybridized carbons (Fsp3) is 0.500. The maximum atomic E-state index is 12.4. The van der Waals surface area contributed by atoms with Crippen molar-refractivity contribution in [2.24, 2.45) is 5.92 Å². The molecule has 0 aromatic carbocycles. The summed E-state index contributed by atoms with van der Waals surface area (Å²) in [5.74, 6) is 0.652. The topological polar surface area (TPSA) is 75.6 Å². The molecule has 1 amide bonds. The van der Waals surface area contributed by atoms with Gasteiger partial charge in [-0.1, -0.05) is 0 Å². The zero-order valence-corrected chi connectivity index (χ0v) is 11.8. The molecule has 0 aliphatic heterocycles. The van der Waals surface area contributed by atoms with Crippen LogP contribution in [0.3, 0.4) is 0 Å². The third kappa shape index (κ3) is 2.33. The van der Waals surface area contributed by atoms with Gasteiger partial charge >= 0.3 is 0 Å². The van der Waals surface area contributed by atoms with Gasteiger partial charge in [-0.25, -0.2) is 4.98 Å². The van der Waals surface area contributed by atoms with Crippen LogP contribution in [-0.4, -0.2) is 25.7 Å². The average Bonchev–Trinajstić information content (AvgIpc) is 3.05. The van der Waals surface area contributed by atoms with E-state index in [4.69, 9.17) is 0 Å². The Labute approximate surface area is 117 Å². The van der Waals surface area contributed by atoms with Crippen molar-refractivity contribution in [3.05, 3.63) is 29.8 Å². The summed E-state index contributed by atoms with van der Waals surface area (Å²) in [6.07, 6.45) is 7.94. The number of aryl methyl sites for hydroxylation is 1. The van der Waals surface area contributed by atoms with Crippen LogP contribution in [0.25, 0.3) is 0 Å². The standard InChI is InChI=1S/C14H19N5O/c1-9(2)19-6-5-15-14(19)17-13(20)10-3-4-11-8-16-18-12(11)7-10/h5-6,8-10H,3-4,7H2,1-2H3,(H,16,18)(H,15,17,20). The maximum Gasteiger partial charge on any atom is 0.230 e. The molecule has 2 aromatic heterocycles. The number of nitrogens with one attached hydrogen (secondary N) is 2. The van der Waals surface area contributed by atoms with Gasteiger partial charge in [-0.3, -0.25) is 15.2 Å². The first-order valence-corrected chi connectivity index (χ1v) is 7.00.